The van der Waals surface area contributed by atoms with Crippen molar-refractivity contribution in [3.63, 3.8) is 0 Å². The Morgan fingerprint density at radius 3 is 2.65 bits per heavy atom. The number of carbonyl (C=O) groups excluding carboxylic acids is 1. The van der Waals surface area contributed by atoms with E-state index in [9.17, 15) is 4.79 Å². The largest absolute Gasteiger partial charge is 0.462 e. The van der Waals surface area contributed by atoms with Crippen molar-refractivity contribution in [2.45, 2.75) is 32.2 Å². The number of amides is 1. The van der Waals surface area contributed by atoms with Crippen LogP contribution in [0.4, 0.5) is 5.82 Å². The lowest BCUT2D eigenvalue weighted by atomic mass is 9.96. The Balaban J connectivity index is 1.36. The third-order valence-corrected chi connectivity index (χ3v) is 8.51. The second-order valence-corrected chi connectivity index (χ2v) is 11.2. The standard InChI is InChI=1S/C31H34ClN5O3/c1-4-26(38)36-14-16-37(17-15-36)29-24-18-20(2)28(23-11-5-8-21-9-6-12-25(32)27(21)23)40-30(24)34-31(33-29)39-19-22-10-7-13-35(22)3/h4-6,8-9,11-12,22H,1,7,10,13-19H2,2-3H3. The number of nitrogens with zero attached hydrogens (tertiary/aromatic N) is 5. The normalized spacial score (nSPS) is 19.5. The average molecular weight is 560 g/mol. The number of aromatic nitrogens is 2. The molecule has 3 aromatic rings. The highest BCUT2D eigenvalue weighted by Gasteiger charge is 2.31. The van der Waals surface area contributed by atoms with Crippen LogP contribution in [0.1, 0.15) is 30.9 Å². The van der Waals surface area contributed by atoms with Crippen LogP contribution in [0, 0.1) is 0 Å². The molecule has 3 aliphatic rings. The lowest BCUT2D eigenvalue weighted by molar-refractivity contribution is -0.126. The van der Waals surface area contributed by atoms with Crippen LogP contribution in [0.25, 0.3) is 16.5 Å². The van der Waals surface area contributed by atoms with E-state index in [4.69, 9.17) is 31.0 Å². The first kappa shape index (κ1) is 26.6. The van der Waals surface area contributed by atoms with Gasteiger partial charge in [0.1, 0.15) is 18.2 Å². The molecule has 1 unspecified atom stereocenters. The predicted molar refractivity (Wildman–Crippen MR) is 158 cm³/mol. The van der Waals surface area contributed by atoms with E-state index in [0.717, 1.165) is 52.0 Å². The number of likely N-dealkylation sites (N-methyl/N-ethyl adjacent to an activating group) is 1. The van der Waals surface area contributed by atoms with E-state index in [1.807, 2.05) is 29.2 Å². The number of hydrogen-bond donors (Lipinski definition) is 0. The van der Waals surface area contributed by atoms with Crippen LogP contribution in [-0.4, -0.2) is 78.1 Å². The van der Waals surface area contributed by atoms with Gasteiger partial charge in [0.25, 0.3) is 0 Å². The van der Waals surface area contributed by atoms with Crippen LogP contribution in [0.15, 0.2) is 54.6 Å². The van der Waals surface area contributed by atoms with Gasteiger partial charge in [0.2, 0.25) is 11.8 Å². The predicted octanol–water partition coefficient (Wildman–Crippen LogP) is 4.96. The summed E-state index contributed by atoms with van der Waals surface area (Å²) in [6, 6.07) is 12.7. The van der Waals surface area contributed by atoms with Gasteiger partial charge in [-0.25, -0.2) is 0 Å². The molecule has 2 saturated heterocycles. The highest BCUT2D eigenvalue weighted by molar-refractivity contribution is 6.36. The van der Waals surface area contributed by atoms with E-state index in [2.05, 4.69) is 42.5 Å². The monoisotopic (exact) mass is 559 g/mol. The van der Waals surface area contributed by atoms with Gasteiger partial charge in [-0.05, 0) is 56.5 Å². The Hall–Kier alpha value is -3.62. The summed E-state index contributed by atoms with van der Waals surface area (Å²) in [6.45, 7) is 9.82. The third kappa shape index (κ3) is 5.02. The maximum atomic E-state index is 12.2. The maximum absolute atomic E-state index is 12.2. The van der Waals surface area contributed by atoms with Gasteiger partial charge in [-0.2, -0.15) is 9.97 Å². The lowest BCUT2D eigenvalue weighted by Crippen LogP contribution is -2.49. The van der Waals surface area contributed by atoms with Gasteiger partial charge in [-0.15, -0.1) is 0 Å². The number of halogens is 1. The van der Waals surface area contributed by atoms with E-state index >= 15 is 0 Å². The molecule has 0 saturated carbocycles. The van der Waals surface area contributed by atoms with Crippen molar-refractivity contribution < 1.29 is 14.3 Å². The second-order valence-electron chi connectivity index (χ2n) is 10.7. The number of benzene rings is 2. The Morgan fingerprint density at radius 1 is 1.15 bits per heavy atom. The highest BCUT2D eigenvalue weighted by Crippen LogP contribution is 2.41. The van der Waals surface area contributed by atoms with E-state index in [0.29, 0.717) is 62.2 Å². The molecule has 8 nitrogen and oxygen atoms in total. The number of anilines is 1. The molecule has 0 aliphatic carbocycles. The zero-order valence-electron chi connectivity index (χ0n) is 23.0. The highest BCUT2D eigenvalue weighted by atomic mass is 35.5. The van der Waals surface area contributed by atoms with Gasteiger partial charge in [-0.1, -0.05) is 48.5 Å². The van der Waals surface area contributed by atoms with Crippen LogP contribution < -0.4 is 14.4 Å². The van der Waals surface area contributed by atoms with Gasteiger partial charge in [0.05, 0.1) is 5.56 Å². The first-order valence-corrected chi connectivity index (χ1v) is 14.3. The molecule has 1 atom stereocenters. The maximum Gasteiger partial charge on any atom is 0.321 e. The van der Waals surface area contributed by atoms with Gasteiger partial charge >= 0.3 is 6.01 Å². The Kier molecular flexibility index (Phi) is 7.38. The average Bonchev–Trinajstić information content (AvgIpc) is 3.39. The fraction of sp³-hybridized carbons (Fsp3) is 0.387. The molecular weight excluding hydrogens is 526 g/mol. The summed E-state index contributed by atoms with van der Waals surface area (Å²) >= 11 is 6.67. The fourth-order valence-electron chi connectivity index (χ4n) is 5.93. The van der Waals surface area contributed by atoms with Crippen molar-refractivity contribution in [1.29, 1.82) is 0 Å². The number of ether oxygens (including phenoxy) is 2. The Labute approximate surface area is 239 Å². The minimum absolute atomic E-state index is 0.0467. The summed E-state index contributed by atoms with van der Waals surface area (Å²) < 4.78 is 12.8. The summed E-state index contributed by atoms with van der Waals surface area (Å²) in [5, 5.41) is 2.70. The summed E-state index contributed by atoms with van der Waals surface area (Å²) in [6.07, 6.45) is 4.27. The lowest BCUT2D eigenvalue weighted by Gasteiger charge is -2.36. The number of fused-ring (bicyclic) bond motifs is 2. The quantitative estimate of drug-likeness (QED) is 0.395. The fourth-order valence-corrected chi connectivity index (χ4v) is 6.21. The number of likely N-dealkylation sites (tertiary alicyclic amines) is 1. The SMILES string of the molecule is C=CC(=O)N1CCN(c2nc(OCC3CCCN3C)nc3c2CC(C)=C(c2cccc4cccc(Cl)c24)O3)CC1. The van der Waals surface area contributed by atoms with Crippen LogP contribution in [-0.2, 0) is 11.2 Å². The van der Waals surface area contributed by atoms with Gasteiger partial charge < -0.3 is 24.2 Å². The number of carbonyl (C=O) groups is 1. The first-order chi connectivity index (χ1) is 19.4. The molecule has 4 heterocycles. The summed E-state index contributed by atoms with van der Waals surface area (Å²) in [5.41, 5.74) is 2.95. The molecule has 3 aliphatic heterocycles. The number of hydrogen-bond acceptors (Lipinski definition) is 7. The molecule has 6 rings (SSSR count). The van der Waals surface area contributed by atoms with Crippen LogP contribution in [0.5, 0.6) is 11.9 Å². The Bertz CT molecular complexity index is 1490. The van der Waals surface area contributed by atoms with Crippen molar-refractivity contribution >= 4 is 39.9 Å². The summed E-state index contributed by atoms with van der Waals surface area (Å²) in [4.78, 5) is 28.2. The van der Waals surface area contributed by atoms with E-state index in [1.54, 1.807) is 0 Å². The molecule has 0 radical (unpaired) electrons. The number of piperazine rings is 1. The van der Waals surface area contributed by atoms with Crippen LogP contribution in [0.2, 0.25) is 5.02 Å². The van der Waals surface area contributed by atoms with E-state index in [-0.39, 0.29) is 5.91 Å². The minimum Gasteiger partial charge on any atom is -0.462 e. The van der Waals surface area contributed by atoms with E-state index in [1.165, 1.54) is 12.5 Å². The molecule has 2 aromatic carbocycles. The molecule has 1 aromatic heterocycles. The Morgan fingerprint density at radius 2 is 1.93 bits per heavy atom. The molecule has 0 spiro atoms. The molecule has 2 fully saturated rings. The molecule has 1 amide bonds. The second kappa shape index (κ2) is 11.1. The first-order valence-electron chi connectivity index (χ1n) is 13.9. The molecule has 40 heavy (non-hydrogen) atoms. The van der Waals surface area contributed by atoms with Crippen LogP contribution >= 0.6 is 11.6 Å². The number of allylic oxidation sites excluding steroid dienone is 1. The third-order valence-electron chi connectivity index (χ3n) is 8.20. The summed E-state index contributed by atoms with van der Waals surface area (Å²) in [5.74, 6) is 2.03. The zero-order chi connectivity index (χ0) is 27.8. The van der Waals surface area contributed by atoms with Crippen molar-refractivity contribution in [2.75, 3.05) is 51.3 Å². The van der Waals surface area contributed by atoms with Crippen LogP contribution in [0.3, 0.4) is 0 Å². The minimum atomic E-state index is -0.0467. The molecular formula is C31H34ClN5O3. The molecule has 0 bridgehead atoms. The van der Waals surface area contributed by atoms with E-state index < -0.39 is 0 Å². The molecule has 9 heteroatoms. The summed E-state index contributed by atoms with van der Waals surface area (Å²) in [7, 11) is 2.13. The van der Waals surface area contributed by atoms with Crippen molar-refractivity contribution in [3.8, 4) is 11.9 Å². The van der Waals surface area contributed by atoms with Gasteiger partial charge in [0.15, 0.2) is 0 Å². The molecule has 0 N–H and O–H groups in total. The zero-order valence-corrected chi connectivity index (χ0v) is 23.8. The smallest absolute Gasteiger partial charge is 0.321 e. The molecule has 208 valence electrons. The number of rotatable bonds is 6. The van der Waals surface area contributed by atoms with Crippen molar-refractivity contribution in [2.24, 2.45) is 0 Å². The van der Waals surface area contributed by atoms with Gasteiger partial charge in [-0.3, -0.25) is 4.79 Å². The van der Waals surface area contributed by atoms with Crippen molar-refractivity contribution in [1.82, 2.24) is 19.8 Å². The van der Waals surface area contributed by atoms with Gasteiger partial charge in [0, 0.05) is 54.6 Å². The topological polar surface area (TPSA) is 71.0 Å². The van der Waals surface area contributed by atoms with Crippen molar-refractivity contribution in [3.05, 3.63) is 70.8 Å².